The normalized spacial score (nSPS) is 16.2. The molecule has 3 N–H and O–H groups in total. The van der Waals surface area contributed by atoms with Crippen molar-refractivity contribution in [3.63, 3.8) is 0 Å². The minimum atomic E-state index is -3.54. The fourth-order valence-electron chi connectivity index (χ4n) is 1.81. The molecule has 1 saturated heterocycles. The first-order valence-electron chi connectivity index (χ1n) is 6.26. The van der Waals surface area contributed by atoms with Gasteiger partial charge in [0.25, 0.3) is 0 Å². The summed E-state index contributed by atoms with van der Waals surface area (Å²) in [5, 5.41) is 0. The third kappa shape index (κ3) is 3.95. The van der Waals surface area contributed by atoms with E-state index < -0.39 is 10.2 Å². The highest BCUT2D eigenvalue weighted by atomic mass is 32.2. The van der Waals surface area contributed by atoms with Gasteiger partial charge >= 0.3 is 10.2 Å². The van der Waals surface area contributed by atoms with Crippen molar-refractivity contribution in [2.45, 2.75) is 0 Å². The molecular weight excluding hydrogens is 278 g/mol. The van der Waals surface area contributed by atoms with Crippen LogP contribution in [-0.4, -0.2) is 45.6 Å². The average Bonchev–Trinajstić information content (AvgIpc) is 2.46. The summed E-state index contributed by atoms with van der Waals surface area (Å²) >= 11 is 0. The zero-order valence-electron chi connectivity index (χ0n) is 11.0. The summed E-state index contributed by atoms with van der Waals surface area (Å²) in [6.45, 7) is 1.83. The van der Waals surface area contributed by atoms with Crippen molar-refractivity contribution in [2.75, 3.05) is 37.6 Å². The molecule has 1 aliphatic rings. The molecular formula is C13H17N3O3S. The molecule has 0 amide bonds. The molecule has 6 nitrogen and oxygen atoms in total. The van der Waals surface area contributed by atoms with Gasteiger partial charge in [0.1, 0.15) is 0 Å². The van der Waals surface area contributed by atoms with Gasteiger partial charge in [-0.3, -0.25) is 4.72 Å². The van der Waals surface area contributed by atoms with Crippen molar-refractivity contribution in [2.24, 2.45) is 5.73 Å². The van der Waals surface area contributed by atoms with E-state index in [4.69, 9.17) is 10.5 Å². The predicted octanol–water partition coefficient (Wildman–Crippen LogP) is -0.0143. The van der Waals surface area contributed by atoms with Crippen LogP contribution in [0.2, 0.25) is 0 Å². The monoisotopic (exact) mass is 295 g/mol. The lowest BCUT2D eigenvalue weighted by Crippen LogP contribution is -2.43. The van der Waals surface area contributed by atoms with E-state index in [1.807, 2.05) is 0 Å². The van der Waals surface area contributed by atoms with E-state index >= 15 is 0 Å². The van der Waals surface area contributed by atoms with E-state index in [-0.39, 0.29) is 6.54 Å². The first kappa shape index (κ1) is 14.8. The lowest BCUT2D eigenvalue weighted by Gasteiger charge is -2.26. The zero-order chi connectivity index (χ0) is 14.4. The summed E-state index contributed by atoms with van der Waals surface area (Å²) in [6.07, 6.45) is 0. The fraction of sp³-hybridized carbons (Fsp3) is 0.385. The lowest BCUT2D eigenvalue weighted by atomic mass is 10.2. The summed E-state index contributed by atoms with van der Waals surface area (Å²) in [7, 11) is -3.54. The van der Waals surface area contributed by atoms with Crippen molar-refractivity contribution in [3.8, 4) is 11.8 Å². The molecule has 0 unspecified atom stereocenters. The van der Waals surface area contributed by atoms with Crippen molar-refractivity contribution in [3.05, 3.63) is 29.8 Å². The average molecular weight is 295 g/mol. The van der Waals surface area contributed by atoms with Crippen LogP contribution in [0.15, 0.2) is 24.3 Å². The Kier molecular flexibility index (Phi) is 4.98. The predicted molar refractivity (Wildman–Crippen MR) is 77.3 cm³/mol. The van der Waals surface area contributed by atoms with E-state index in [0.717, 1.165) is 5.56 Å². The molecule has 0 spiro atoms. The summed E-state index contributed by atoms with van der Waals surface area (Å²) < 4.78 is 33.4. The van der Waals surface area contributed by atoms with Crippen molar-refractivity contribution in [1.82, 2.24) is 4.31 Å². The Morgan fingerprint density at radius 3 is 2.80 bits per heavy atom. The van der Waals surface area contributed by atoms with Crippen molar-refractivity contribution >= 4 is 15.9 Å². The minimum Gasteiger partial charge on any atom is -0.379 e. The Labute approximate surface area is 119 Å². The maximum Gasteiger partial charge on any atom is 0.301 e. The quantitative estimate of drug-likeness (QED) is 0.768. The zero-order valence-corrected chi connectivity index (χ0v) is 11.8. The number of nitrogens with zero attached hydrogens (tertiary/aromatic N) is 1. The first-order valence-corrected chi connectivity index (χ1v) is 7.70. The highest BCUT2D eigenvalue weighted by Crippen LogP contribution is 2.14. The Bertz CT molecular complexity index is 613. The van der Waals surface area contributed by atoms with Gasteiger partial charge in [0.2, 0.25) is 0 Å². The second-order valence-electron chi connectivity index (χ2n) is 4.21. The van der Waals surface area contributed by atoms with Crippen LogP contribution < -0.4 is 10.5 Å². The molecule has 0 saturated carbocycles. The molecule has 1 aliphatic heterocycles. The summed E-state index contributed by atoms with van der Waals surface area (Å²) in [6, 6.07) is 6.92. The van der Waals surface area contributed by atoms with Gasteiger partial charge in [-0.1, -0.05) is 17.9 Å². The maximum atomic E-state index is 12.2. The minimum absolute atomic E-state index is 0.268. The van der Waals surface area contributed by atoms with Crippen LogP contribution in [0.25, 0.3) is 0 Å². The molecule has 1 aromatic carbocycles. The number of nitrogens with two attached hydrogens (primary N) is 1. The van der Waals surface area contributed by atoms with E-state index in [9.17, 15) is 8.42 Å². The van der Waals surface area contributed by atoms with Gasteiger partial charge in [0.15, 0.2) is 0 Å². The van der Waals surface area contributed by atoms with Gasteiger partial charge in [-0.05, 0) is 18.2 Å². The number of ether oxygens (including phenoxy) is 1. The molecule has 1 heterocycles. The van der Waals surface area contributed by atoms with Crippen LogP contribution in [0.5, 0.6) is 0 Å². The number of hydrogen-bond acceptors (Lipinski definition) is 4. The third-order valence-corrected chi connectivity index (χ3v) is 4.29. The summed E-state index contributed by atoms with van der Waals surface area (Å²) in [5.41, 5.74) is 6.52. The molecule has 0 radical (unpaired) electrons. The molecule has 0 aliphatic carbocycles. The van der Waals surface area contributed by atoms with E-state index in [2.05, 4.69) is 16.6 Å². The Morgan fingerprint density at radius 2 is 2.10 bits per heavy atom. The van der Waals surface area contributed by atoms with E-state index in [1.165, 1.54) is 4.31 Å². The molecule has 108 valence electrons. The Balaban J connectivity index is 2.12. The first-order chi connectivity index (χ1) is 9.62. The van der Waals surface area contributed by atoms with Crippen LogP contribution in [0.1, 0.15) is 5.56 Å². The standard InChI is InChI=1S/C13H17N3O3S/c14-6-2-4-12-3-1-5-13(11-12)15-20(17,18)16-7-9-19-10-8-16/h1,3,5,11,15H,6-10,14H2. The highest BCUT2D eigenvalue weighted by molar-refractivity contribution is 7.90. The molecule has 0 atom stereocenters. The van der Waals surface area contributed by atoms with Gasteiger partial charge in [-0.25, -0.2) is 0 Å². The smallest absolute Gasteiger partial charge is 0.301 e. The molecule has 20 heavy (non-hydrogen) atoms. The molecule has 0 bridgehead atoms. The Morgan fingerprint density at radius 1 is 1.35 bits per heavy atom. The number of morpholine rings is 1. The van der Waals surface area contributed by atoms with E-state index in [1.54, 1.807) is 24.3 Å². The van der Waals surface area contributed by atoms with Crippen LogP contribution in [0.3, 0.4) is 0 Å². The molecule has 0 aromatic heterocycles. The third-order valence-electron chi connectivity index (χ3n) is 2.75. The fourth-order valence-corrected chi connectivity index (χ4v) is 3.00. The van der Waals surface area contributed by atoms with E-state index in [0.29, 0.717) is 32.0 Å². The largest absolute Gasteiger partial charge is 0.379 e. The number of rotatable bonds is 3. The number of hydrogen-bond donors (Lipinski definition) is 2. The highest BCUT2D eigenvalue weighted by Gasteiger charge is 2.23. The SMILES string of the molecule is NCC#Cc1cccc(NS(=O)(=O)N2CCOCC2)c1. The number of benzene rings is 1. The summed E-state index contributed by atoms with van der Waals surface area (Å²) in [5.74, 6) is 5.60. The summed E-state index contributed by atoms with van der Waals surface area (Å²) in [4.78, 5) is 0. The van der Waals surface area contributed by atoms with Crippen LogP contribution in [-0.2, 0) is 14.9 Å². The van der Waals surface area contributed by atoms with Crippen molar-refractivity contribution in [1.29, 1.82) is 0 Å². The molecule has 7 heteroatoms. The van der Waals surface area contributed by atoms with Gasteiger partial charge in [0, 0.05) is 18.7 Å². The maximum absolute atomic E-state index is 12.2. The number of anilines is 1. The van der Waals surface area contributed by atoms with Crippen LogP contribution in [0.4, 0.5) is 5.69 Å². The van der Waals surface area contributed by atoms with Crippen LogP contribution >= 0.6 is 0 Å². The molecule has 1 fully saturated rings. The van der Waals surface area contributed by atoms with Gasteiger partial charge in [0.05, 0.1) is 25.4 Å². The molecule has 2 rings (SSSR count). The number of nitrogens with one attached hydrogen (secondary N) is 1. The van der Waals surface area contributed by atoms with Crippen LogP contribution in [0, 0.1) is 11.8 Å². The van der Waals surface area contributed by atoms with Crippen molar-refractivity contribution < 1.29 is 13.2 Å². The molecule has 1 aromatic rings. The van der Waals surface area contributed by atoms with Gasteiger partial charge in [-0.15, -0.1) is 0 Å². The van der Waals surface area contributed by atoms with Gasteiger partial charge in [-0.2, -0.15) is 12.7 Å². The lowest BCUT2D eigenvalue weighted by molar-refractivity contribution is 0.0733. The second-order valence-corrected chi connectivity index (χ2v) is 5.88. The Hall–Kier alpha value is -1.59. The second kappa shape index (κ2) is 6.72. The topological polar surface area (TPSA) is 84.7 Å². The van der Waals surface area contributed by atoms with Gasteiger partial charge < -0.3 is 10.5 Å².